The van der Waals surface area contributed by atoms with Crippen molar-refractivity contribution in [3.8, 4) is 5.88 Å². The van der Waals surface area contributed by atoms with E-state index >= 15 is 0 Å². The molecule has 1 unspecified atom stereocenters. The summed E-state index contributed by atoms with van der Waals surface area (Å²) >= 11 is 6.16. The summed E-state index contributed by atoms with van der Waals surface area (Å²) in [6, 6.07) is 0. The van der Waals surface area contributed by atoms with Crippen LogP contribution in [0.1, 0.15) is 31.5 Å². The third-order valence-electron chi connectivity index (χ3n) is 2.92. The smallest absolute Gasteiger partial charge is 0.307 e. The van der Waals surface area contributed by atoms with Crippen molar-refractivity contribution in [3.63, 3.8) is 0 Å². The van der Waals surface area contributed by atoms with Crippen molar-refractivity contribution in [2.75, 3.05) is 13.7 Å². The van der Waals surface area contributed by atoms with E-state index in [1.165, 1.54) is 13.4 Å². The van der Waals surface area contributed by atoms with Crippen molar-refractivity contribution in [2.24, 2.45) is 0 Å². The zero-order chi connectivity index (χ0) is 15.4. The van der Waals surface area contributed by atoms with Crippen LogP contribution < -0.4 is 4.74 Å². The summed E-state index contributed by atoms with van der Waals surface area (Å²) in [5, 5.41) is -0.328. The molecule has 7 nitrogen and oxygen atoms in total. The monoisotopic (exact) mass is 312 g/mol. The summed E-state index contributed by atoms with van der Waals surface area (Å²) in [6.07, 6.45) is 1.62. The highest BCUT2D eigenvalue weighted by molar-refractivity contribution is 6.20. The summed E-state index contributed by atoms with van der Waals surface area (Å²) in [6.45, 7) is 4.33. The number of imidazole rings is 1. The maximum atomic E-state index is 11.5. The van der Waals surface area contributed by atoms with Gasteiger partial charge in [0.2, 0.25) is 5.88 Å². The number of esters is 1. The van der Waals surface area contributed by atoms with Crippen LogP contribution in [-0.4, -0.2) is 39.2 Å². The lowest BCUT2D eigenvalue weighted by molar-refractivity contribution is -0.143. The first kappa shape index (κ1) is 15.5. The molecule has 0 aliphatic heterocycles. The van der Waals surface area contributed by atoms with Crippen LogP contribution in [0.5, 0.6) is 5.88 Å². The van der Waals surface area contributed by atoms with Crippen molar-refractivity contribution in [1.82, 2.24) is 19.5 Å². The predicted octanol–water partition coefficient (Wildman–Crippen LogP) is 2.09. The minimum atomic E-state index is -0.328. The molecule has 0 fully saturated rings. The third-order valence-corrected chi connectivity index (χ3v) is 3.12. The first-order valence-electron chi connectivity index (χ1n) is 6.63. The minimum Gasteiger partial charge on any atom is -0.479 e. The highest BCUT2D eigenvalue weighted by Crippen LogP contribution is 2.27. The lowest BCUT2D eigenvalue weighted by Gasteiger charge is -2.09. The van der Waals surface area contributed by atoms with Crippen molar-refractivity contribution in [3.05, 3.63) is 12.2 Å². The van der Waals surface area contributed by atoms with Gasteiger partial charge in [-0.25, -0.2) is 9.97 Å². The highest BCUT2D eigenvalue weighted by atomic mass is 35.5. The van der Waals surface area contributed by atoms with Crippen molar-refractivity contribution in [2.45, 2.75) is 32.2 Å². The lowest BCUT2D eigenvalue weighted by atomic mass is 10.4. The number of hydrogen-bond donors (Lipinski definition) is 0. The van der Waals surface area contributed by atoms with Gasteiger partial charge in [0.25, 0.3) is 0 Å². The summed E-state index contributed by atoms with van der Waals surface area (Å²) < 4.78 is 11.9. The van der Waals surface area contributed by atoms with Crippen molar-refractivity contribution < 1.29 is 14.3 Å². The van der Waals surface area contributed by atoms with E-state index < -0.39 is 0 Å². The second-order valence-corrected chi connectivity index (χ2v) is 5.00. The number of aromatic nitrogens is 4. The van der Waals surface area contributed by atoms with E-state index in [4.69, 9.17) is 21.1 Å². The topological polar surface area (TPSA) is 79.1 Å². The van der Waals surface area contributed by atoms with Gasteiger partial charge in [-0.1, -0.05) is 0 Å². The zero-order valence-electron chi connectivity index (χ0n) is 12.2. The zero-order valence-corrected chi connectivity index (χ0v) is 12.9. The van der Waals surface area contributed by atoms with Gasteiger partial charge in [-0.2, -0.15) is 4.98 Å². The van der Waals surface area contributed by atoms with Gasteiger partial charge >= 0.3 is 5.97 Å². The molecule has 2 rings (SSSR count). The number of carbonyl (C=O) groups excluding carboxylic acids is 1. The number of ether oxygens (including phenoxy) is 2. The van der Waals surface area contributed by atoms with E-state index in [9.17, 15) is 4.79 Å². The molecule has 0 saturated carbocycles. The second kappa shape index (κ2) is 6.71. The fourth-order valence-corrected chi connectivity index (χ4v) is 2.21. The van der Waals surface area contributed by atoms with Crippen LogP contribution in [0.4, 0.5) is 0 Å². The molecule has 2 aromatic rings. The Morgan fingerprint density at radius 2 is 2.24 bits per heavy atom. The summed E-state index contributed by atoms with van der Waals surface area (Å²) in [7, 11) is 1.52. The van der Waals surface area contributed by atoms with Crippen molar-refractivity contribution >= 4 is 28.7 Å². The first-order chi connectivity index (χ1) is 10.1. The molecule has 0 aromatic carbocycles. The Morgan fingerprint density at radius 3 is 2.86 bits per heavy atom. The number of halogens is 1. The van der Waals surface area contributed by atoms with Gasteiger partial charge in [0, 0.05) is 6.54 Å². The fourth-order valence-electron chi connectivity index (χ4n) is 2.04. The average molecular weight is 313 g/mol. The fraction of sp³-hybridized carbons (Fsp3) is 0.538. The molecule has 0 spiro atoms. The Balaban J connectivity index is 2.40. The highest BCUT2D eigenvalue weighted by Gasteiger charge is 2.20. The lowest BCUT2D eigenvalue weighted by Crippen LogP contribution is -2.11. The van der Waals surface area contributed by atoms with E-state index in [0.717, 1.165) is 0 Å². The van der Waals surface area contributed by atoms with Gasteiger partial charge in [0.15, 0.2) is 11.2 Å². The van der Waals surface area contributed by atoms with Crippen LogP contribution in [0.2, 0.25) is 0 Å². The van der Waals surface area contributed by atoms with Crippen LogP contribution in [0.25, 0.3) is 11.2 Å². The van der Waals surface area contributed by atoms with Crippen LogP contribution in [-0.2, 0) is 16.1 Å². The Labute approximate surface area is 127 Å². The Hall–Kier alpha value is -1.89. The summed E-state index contributed by atoms with van der Waals surface area (Å²) in [5.74, 6) is 0.733. The normalized spacial score (nSPS) is 12.4. The molecule has 0 bridgehead atoms. The summed E-state index contributed by atoms with van der Waals surface area (Å²) in [5.41, 5.74) is 1.13. The Bertz CT molecular complexity index is 642. The molecule has 0 radical (unpaired) electrons. The van der Waals surface area contributed by atoms with Gasteiger partial charge < -0.3 is 14.0 Å². The number of rotatable bonds is 6. The minimum absolute atomic E-state index is 0.224. The molecule has 0 aliphatic rings. The van der Waals surface area contributed by atoms with E-state index in [2.05, 4.69) is 15.0 Å². The number of hydrogen-bond acceptors (Lipinski definition) is 6. The number of fused-ring (bicyclic) bond motifs is 1. The molecule has 0 N–H and O–H groups in total. The molecule has 114 valence electrons. The first-order valence-corrected chi connectivity index (χ1v) is 7.06. The molecule has 0 aliphatic carbocycles. The summed E-state index contributed by atoms with van der Waals surface area (Å²) in [4.78, 5) is 24.2. The van der Waals surface area contributed by atoms with Gasteiger partial charge in [-0.05, 0) is 13.8 Å². The maximum Gasteiger partial charge on any atom is 0.307 e. The molecule has 1 atom stereocenters. The number of carbonyl (C=O) groups is 1. The van der Waals surface area contributed by atoms with Gasteiger partial charge in [0.05, 0.1) is 25.5 Å². The van der Waals surface area contributed by atoms with Crippen LogP contribution >= 0.6 is 11.6 Å². The van der Waals surface area contributed by atoms with E-state index in [1.807, 2.05) is 6.92 Å². The molecule has 0 amide bonds. The largest absolute Gasteiger partial charge is 0.479 e. The maximum absolute atomic E-state index is 11.5. The Morgan fingerprint density at radius 1 is 1.48 bits per heavy atom. The van der Waals surface area contributed by atoms with Crippen LogP contribution in [0, 0.1) is 0 Å². The molecular weight excluding hydrogens is 296 g/mol. The molecule has 8 heteroatoms. The predicted molar refractivity (Wildman–Crippen MR) is 77.4 cm³/mol. The van der Waals surface area contributed by atoms with Gasteiger partial charge in [-0.15, -0.1) is 11.6 Å². The molecule has 2 heterocycles. The molecule has 21 heavy (non-hydrogen) atoms. The van der Waals surface area contributed by atoms with E-state index in [-0.39, 0.29) is 17.8 Å². The molecule has 2 aromatic heterocycles. The molecular formula is C13H17ClN4O3. The van der Waals surface area contributed by atoms with Gasteiger partial charge in [0.1, 0.15) is 12.2 Å². The Kier molecular flexibility index (Phi) is 4.95. The number of nitrogens with zero attached hydrogens (tertiary/aromatic N) is 4. The van der Waals surface area contributed by atoms with Crippen molar-refractivity contribution in [1.29, 1.82) is 0 Å². The van der Waals surface area contributed by atoms with E-state index in [1.54, 1.807) is 11.5 Å². The van der Waals surface area contributed by atoms with E-state index in [0.29, 0.717) is 36.0 Å². The second-order valence-electron chi connectivity index (χ2n) is 4.35. The van der Waals surface area contributed by atoms with Gasteiger partial charge in [-0.3, -0.25) is 4.79 Å². The van der Waals surface area contributed by atoms with Crippen LogP contribution in [0.15, 0.2) is 6.33 Å². The average Bonchev–Trinajstić information content (AvgIpc) is 2.84. The van der Waals surface area contributed by atoms with Crippen LogP contribution in [0.3, 0.4) is 0 Å². The number of alkyl halides is 1. The quantitative estimate of drug-likeness (QED) is 0.600. The third kappa shape index (κ3) is 3.24. The number of aryl methyl sites for hydroxylation is 1. The number of methoxy groups -OCH3 is 1. The molecule has 0 saturated heterocycles. The standard InChI is InChI=1S/C13H17ClN4O3/c1-4-21-9(19)5-6-18-11(8(2)14)17-10-12(18)15-7-16-13(10)20-3/h7-8H,4-6H2,1-3H3. The SMILES string of the molecule is CCOC(=O)CCn1c(C(C)Cl)nc2c(OC)ncnc21.